The third-order valence-corrected chi connectivity index (χ3v) is 4.39. The van der Waals surface area contributed by atoms with E-state index < -0.39 is 18.3 Å². The van der Waals surface area contributed by atoms with Gasteiger partial charge in [0, 0.05) is 17.6 Å². The highest BCUT2D eigenvalue weighted by molar-refractivity contribution is 5.80. The van der Waals surface area contributed by atoms with E-state index >= 15 is 0 Å². The van der Waals surface area contributed by atoms with Crippen LogP contribution in [0.1, 0.15) is 38.2 Å². The number of rotatable bonds is 5. The highest BCUT2D eigenvalue weighted by atomic mass is 19.4. The van der Waals surface area contributed by atoms with Gasteiger partial charge in [0.05, 0.1) is 5.92 Å². The number of halogens is 3. The van der Waals surface area contributed by atoms with Crippen LogP contribution in [0.5, 0.6) is 5.75 Å². The lowest BCUT2D eigenvalue weighted by molar-refractivity contribution is -0.153. The van der Waals surface area contributed by atoms with E-state index in [0.29, 0.717) is 5.56 Å². The molecule has 1 saturated carbocycles. The molecule has 0 aromatic heterocycles. The first-order valence-electron chi connectivity index (χ1n) is 8.03. The molecular formula is C17H23F3N2O2. The number of nitrogens with one attached hydrogen (secondary N) is 1. The minimum absolute atomic E-state index is 0.111. The van der Waals surface area contributed by atoms with Gasteiger partial charge in [-0.1, -0.05) is 31.0 Å². The molecule has 134 valence electrons. The Bertz CT molecular complexity index is 573. The maximum atomic E-state index is 12.4. The molecule has 4 nitrogen and oxygen atoms in total. The monoisotopic (exact) mass is 344 g/mol. The van der Waals surface area contributed by atoms with Crippen molar-refractivity contribution in [2.45, 2.75) is 50.9 Å². The lowest BCUT2D eigenvalue weighted by Crippen LogP contribution is -2.52. The van der Waals surface area contributed by atoms with E-state index in [-0.39, 0.29) is 24.1 Å². The molecule has 0 saturated heterocycles. The molecule has 1 aromatic carbocycles. The molecule has 0 heterocycles. The second-order valence-corrected chi connectivity index (χ2v) is 6.53. The van der Waals surface area contributed by atoms with Gasteiger partial charge in [-0.15, -0.1) is 0 Å². The van der Waals surface area contributed by atoms with Gasteiger partial charge in [0.25, 0.3) is 0 Å². The molecular weight excluding hydrogens is 321 g/mol. The molecule has 1 aliphatic rings. The fourth-order valence-corrected chi connectivity index (χ4v) is 3.04. The number of carbonyl (C=O) groups excluding carboxylic acids is 1. The van der Waals surface area contributed by atoms with E-state index in [1.807, 2.05) is 6.92 Å². The molecule has 0 spiro atoms. The lowest BCUT2D eigenvalue weighted by Gasteiger charge is -2.37. The van der Waals surface area contributed by atoms with Crippen LogP contribution >= 0.6 is 0 Å². The van der Waals surface area contributed by atoms with Crippen molar-refractivity contribution >= 4 is 5.91 Å². The quantitative estimate of drug-likeness (QED) is 0.862. The average molecular weight is 344 g/mol. The van der Waals surface area contributed by atoms with Crippen LogP contribution in [0.3, 0.4) is 0 Å². The number of para-hydroxylation sites is 1. The molecule has 1 amide bonds. The van der Waals surface area contributed by atoms with Crippen LogP contribution in [0.15, 0.2) is 24.3 Å². The van der Waals surface area contributed by atoms with Gasteiger partial charge in [0.15, 0.2) is 6.61 Å². The highest BCUT2D eigenvalue weighted by Crippen LogP contribution is 2.32. The summed E-state index contributed by atoms with van der Waals surface area (Å²) < 4.78 is 41.7. The van der Waals surface area contributed by atoms with Gasteiger partial charge in [0.2, 0.25) is 5.91 Å². The Kier molecular flexibility index (Phi) is 5.74. The summed E-state index contributed by atoms with van der Waals surface area (Å²) >= 11 is 0. The predicted octanol–water partition coefficient (Wildman–Crippen LogP) is 3.15. The molecule has 1 aliphatic carbocycles. The summed E-state index contributed by atoms with van der Waals surface area (Å²) in [4.78, 5) is 12.4. The maximum Gasteiger partial charge on any atom is 0.422 e. The van der Waals surface area contributed by atoms with Crippen LogP contribution in [-0.4, -0.2) is 24.2 Å². The Morgan fingerprint density at radius 3 is 2.75 bits per heavy atom. The van der Waals surface area contributed by atoms with E-state index in [1.54, 1.807) is 18.2 Å². The van der Waals surface area contributed by atoms with E-state index in [9.17, 15) is 18.0 Å². The van der Waals surface area contributed by atoms with Crippen LogP contribution in [0.2, 0.25) is 0 Å². The van der Waals surface area contributed by atoms with Crippen molar-refractivity contribution in [2.24, 2.45) is 11.7 Å². The van der Waals surface area contributed by atoms with Crippen molar-refractivity contribution in [3.63, 3.8) is 0 Å². The van der Waals surface area contributed by atoms with Gasteiger partial charge in [-0.2, -0.15) is 13.2 Å². The van der Waals surface area contributed by atoms with E-state index in [0.717, 1.165) is 25.7 Å². The first kappa shape index (κ1) is 18.6. The SMILES string of the molecule is CC1(N)CCCCC1C(=O)NCc1ccccc1OCC(F)(F)F. The number of carbonyl (C=O) groups is 1. The highest BCUT2D eigenvalue weighted by Gasteiger charge is 2.37. The summed E-state index contributed by atoms with van der Waals surface area (Å²) in [5, 5.41) is 2.78. The summed E-state index contributed by atoms with van der Waals surface area (Å²) in [7, 11) is 0. The predicted molar refractivity (Wildman–Crippen MR) is 84.4 cm³/mol. The number of ether oxygens (including phenoxy) is 1. The zero-order valence-corrected chi connectivity index (χ0v) is 13.7. The van der Waals surface area contributed by atoms with E-state index in [2.05, 4.69) is 5.32 Å². The van der Waals surface area contributed by atoms with Crippen molar-refractivity contribution in [1.82, 2.24) is 5.32 Å². The molecule has 0 radical (unpaired) electrons. The smallest absolute Gasteiger partial charge is 0.422 e. The van der Waals surface area contributed by atoms with Crippen LogP contribution in [0.4, 0.5) is 13.2 Å². The summed E-state index contributed by atoms with van der Waals surface area (Å²) in [6.45, 7) is 0.623. The van der Waals surface area contributed by atoms with Crippen molar-refractivity contribution in [3.8, 4) is 5.75 Å². The van der Waals surface area contributed by atoms with Gasteiger partial charge in [-0.3, -0.25) is 4.79 Å². The first-order valence-corrected chi connectivity index (χ1v) is 8.03. The summed E-state index contributed by atoms with van der Waals surface area (Å²) in [6, 6.07) is 6.38. The van der Waals surface area contributed by atoms with Gasteiger partial charge < -0.3 is 15.8 Å². The van der Waals surface area contributed by atoms with Gasteiger partial charge in [0.1, 0.15) is 5.75 Å². The molecule has 2 atom stereocenters. The van der Waals surface area contributed by atoms with Crippen LogP contribution in [0.25, 0.3) is 0 Å². The second kappa shape index (κ2) is 7.42. The van der Waals surface area contributed by atoms with Crippen molar-refractivity contribution in [2.75, 3.05) is 6.61 Å². The number of hydrogen-bond acceptors (Lipinski definition) is 3. The minimum atomic E-state index is -4.40. The van der Waals surface area contributed by atoms with Crippen LogP contribution in [0, 0.1) is 5.92 Å². The van der Waals surface area contributed by atoms with Crippen LogP contribution < -0.4 is 15.8 Å². The van der Waals surface area contributed by atoms with E-state index in [4.69, 9.17) is 10.5 Å². The third kappa shape index (κ3) is 5.12. The number of hydrogen-bond donors (Lipinski definition) is 2. The van der Waals surface area contributed by atoms with Crippen molar-refractivity contribution in [1.29, 1.82) is 0 Å². The lowest BCUT2D eigenvalue weighted by atomic mass is 9.74. The maximum absolute atomic E-state index is 12.4. The van der Waals surface area contributed by atoms with Gasteiger partial charge >= 0.3 is 6.18 Å². The molecule has 1 aromatic rings. The number of alkyl halides is 3. The Labute approximate surface area is 139 Å². The fourth-order valence-electron chi connectivity index (χ4n) is 3.04. The largest absolute Gasteiger partial charge is 0.484 e. The Balaban J connectivity index is 1.97. The van der Waals surface area contributed by atoms with Gasteiger partial charge in [-0.25, -0.2) is 0 Å². The minimum Gasteiger partial charge on any atom is -0.484 e. The Hall–Kier alpha value is -1.76. The number of nitrogens with two attached hydrogens (primary N) is 1. The normalized spacial score (nSPS) is 24.5. The van der Waals surface area contributed by atoms with Crippen LogP contribution in [-0.2, 0) is 11.3 Å². The van der Waals surface area contributed by atoms with E-state index in [1.165, 1.54) is 6.07 Å². The molecule has 2 unspecified atom stereocenters. The molecule has 3 N–H and O–H groups in total. The first-order chi connectivity index (χ1) is 11.2. The topological polar surface area (TPSA) is 64.4 Å². The molecule has 0 bridgehead atoms. The fraction of sp³-hybridized carbons (Fsp3) is 0.588. The molecule has 2 rings (SSSR count). The molecule has 24 heavy (non-hydrogen) atoms. The number of benzene rings is 1. The second-order valence-electron chi connectivity index (χ2n) is 6.53. The zero-order valence-electron chi connectivity index (χ0n) is 13.7. The average Bonchev–Trinajstić information content (AvgIpc) is 2.50. The number of amides is 1. The molecule has 0 aliphatic heterocycles. The van der Waals surface area contributed by atoms with Crippen molar-refractivity contribution < 1.29 is 22.7 Å². The molecule has 7 heteroatoms. The summed E-state index contributed by atoms with van der Waals surface area (Å²) in [6.07, 6.45) is -0.928. The Morgan fingerprint density at radius 2 is 2.08 bits per heavy atom. The van der Waals surface area contributed by atoms with Gasteiger partial charge in [-0.05, 0) is 25.8 Å². The molecule has 1 fully saturated rings. The van der Waals surface area contributed by atoms with Crippen molar-refractivity contribution in [3.05, 3.63) is 29.8 Å². The summed E-state index contributed by atoms with van der Waals surface area (Å²) in [5.74, 6) is -0.325. The third-order valence-electron chi connectivity index (χ3n) is 4.39. The Morgan fingerprint density at radius 1 is 1.38 bits per heavy atom. The summed E-state index contributed by atoms with van der Waals surface area (Å²) in [5.41, 5.74) is 6.16. The standard InChI is InChI=1S/C17H23F3N2O2/c1-16(21)9-5-4-7-13(16)15(23)22-10-12-6-2-3-8-14(12)24-11-17(18,19)20/h2-3,6,8,13H,4-5,7,9-11,21H2,1H3,(H,22,23). The zero-order chi connectivity index (χ0) is 17.8.